The maximum Gasteiger partial charge on any atom is 0.345 e. The van der Waals surface area contributed by atoms with Crippen LogP contribution in [0, 0.1) is 0 Å². The van der Waals surface area contributed by atoms with Crippen LogP contribution in [0.5, 0.6) is 0 Å². The first-order valence-electron chi connectivity index (χ1n) is 9.85. The molecular formula is C20H24F2N6O. The van der Waals surface area contributed by atoms with Crippen LogP contribution in [0.2, 0.25) is 0 Å². The molecule has 0 bridgehead atoms. The molecule has 1 saturated carbocycles. The third kappa shape index (κ3) is 4.45. The standard InChI is InChI=1S/C20H24F2N6O/c21-19(22)29-9-8-24-20-26-11-15-16(13-6-7-17(23)25-10-13)12-28(18(15)27-20)14-4-2-1-3-5-14/h6-7,10-12,14,19H,1-5,8-9H2,(H2,23,25)(H,24,26,27). The number of aromatic nitrogens is 4. The predicted molar refractivity (Wildman–Crippen MR) is 108 cm³/mol. The molecule has 0 saturated heterocycles. The molecule has 0 radical (unpaired) electrons. The van der Waals surface area contributed by atoms with Crippen LogP contribution >= 0.6 is 0 Å². The van der Waals surface area contributed by atoms with E-state index in [1.54, 1.807) is 18.5 Å². The number of rotatable bonds is 7. The van der Waals surface area contributed by atoms with Crippen molar-refractivity contribution >= 4 is 22.8 Å². The van der Waals surface area contributed by atoms with Crippen molar-refractivity contribution in [1.29, 1.82) is 0 Å². The lowest BCUT2D eigenvalue weighted by molar-refractivity contribution is -0.125. The minimum absolute atomic E-state index is 0.120. The lowest BCUT2D eigenvalue weighted by Gasteiger charge is -2.23. The van der Waals surface area contributed by atoms with E-state index in [1.165, 1.54) is 19.3 Å². The van der Waals surface area contributed by atoms with Crippen molar-refractivity contribution in [2.24, 2.45) is 0 Å². The zero-order valence-corrected chi connectivity index (χ0v) is 16.0. The first kappa shape index (κ1) is 19.5. The van der Waals surface area contributed by atoms with E-state index in [-0.39, 0.29) is 13.2 Å². The van der Waals surface area contributed by atoms with Crippen molar-refractivity contribution in [3.05, 3.63) is 30.7 Å². The predicted octanol–water partition coefficient (Wildman–Crippen LogP) is 4.23. The van der Waals surface area contributed by atoms with Gasteiger partial charge in [0.2, 0.25) is 5.95 Å². The number of nitrogens with zero attached hydrogens (tertiary/aromatic N) is 4. The van der Waals surface area contributed by atoms with E-state index >= 15 is 0 Å². The Kier molecular flexibility index (Phi) is 5.84. The molecule has 0 amide bonds. The number of hydrogen-bond acceptors (Lipinski definition) is 6. The van der Waals surface area contributed by atoms with Gasteiger partial charge in [0.1, 0.15) is 11.5 Å². The fraction of sp³-hybridized carbons (Fsp3) is 0.450. The van der Waals surface area contributed by atoms with Gasteiger partial charge in [0.25, 0.3) is 0 Å². The molecule has 4 rings (SSSR count). The Morgan fingerprint density at radius 1 is 1.17 bits per heavy atom. The highest BCUT2D eigenvalue weighted by Gasteiger charge is 2.21. The SMILES string of the molecule is Nc1ccc(-c2cn(C3CCCCC3)c3nc(NCCOC(F)F)ncc23)cn1. The smallest absolute Gasteiger partial charge is 0.345 e. The second kappa shape index (κ2) is 8.69. The summed E-state index contributed by atoms with van der Waals surface area (Å²) in [5.74, 6) is 0.867. The number of fused-ring (bicyclic) bond motifs is 1. The molecule has 7 nitrogen and oxygen atoms in total. The van der Waals surface area contributed by atoms with Crippen molar-refractivity contribution in [1.82, 2.24) is 19.5 Å². The lowest BCUT2D eigenvalue weighted by Crippen LogP contribution is -2.15. The molecule has 3 aromatic rings. The van der Waals surface area contributed by atoms with E-state index in [4.69, 9.17) is 5.73 Å². The van der Waals surface area contributed by atoms with Gasteiger partial charge in [-0.15, -0.1) is 0 Å². The van der Waals surface area contributed by atoms with Gasteiger partial charge in [0.05, 0.1) is 6.61 Å². The number of pyridine rings is 1. The quantitative estimate of drug-likeness (QED) is 0.575. The molecule has 1 aliphatic rings. The van der Waals surface area contributed by atoms with Gasteiger partial charge in [-0.25, -0.2) is 9.97 Å². The van der Waals surface area contributed by atoms with E-state index in [2.05, 4.69) is 35.8 Å². The molecule has 0 spiro atoms. The number of nitrogen functional groups attached to an aromatic ring is 1. The average molecular weight is 402 g/mol. The highest BCUT2D eigenvalue weighted by atomic mass is 19.3. The summed E-state index contributed by atoms with van der Waals surface area (Å²) in [6.07, 6.45) is 11.5. The van der Waals surface area contributed by atoms with E-state index in [0.29, 0.717) is 17.8 Å². The van der Waals surface area contributed by atoms with E-state index in [1.807, 2.05) is 6.07 Å². The summed E-state index contributed by atoms with van der Waals surface area (Å²) in [6, 6.07) is 4.10. The van der Waals surface area contributed by atoms with Crippen LogP contribution in [-0.2, 0) is 4.74 Å². The Labute approximate surface area is 167 Å². The van der Waals surface area contributed by atoms with E-state index < -0.39 is 6.61 Å². The number of anilines is 2. The van der Waals surface area contributed by atoms with Crippen molar-refractivity contribution in [3.63, 3.8) is 0 Å². The van der Waals surface area contributed by atoms with Crippen LogP contribution in [0.1, 0.15) is 38.1 Å². The monoisotopic (exact) mass is 402 g/mol. The highest BCUT2D eigenvalue weighted by Crippen LogP contribution is 2.36. The second-order valence-electron chi connectivity index (χ2n) is 7.20. The van der Waals surface area contributed by atoms with Crippen molar-refractivity contribution in [2.45, 2.75) is 44.8 Å². The summed E-state index contributed by atoms with van der Waals surface area (Å²) in [4.78, 5) is 13.3. The minimum atomic E-state index is -2.78. The van der Waals surface area contributed by atoms with Gasteiger partial charge >= 0.3 is 6.61 Å². The summed E-state index contributed by atoms with van der Waals surface area (Å²) in [6.45, 7) is -2.69. The molecule has 1 aliphatic carbocycles. The average Bonchev–Trinajstić information content (AvgIpc) is 3.11. The molecule has 9 heteroatoms. The van der Waals surface area contributed by atoms with Crippen LogP contribution < -0.4 is 11.1 Å². The third-order valence-electron chi connectivity index (χ3n) is 5.27. The molecule has 1 fully saturated rings. The topological polar surface area (TPSA) is 90.9 Å². The number of nitrogens with one attached hydrogen (secondary N) is 1. The molecule has 154 valence electrons. The molecule has 0 unspecified atom stereocenters. The Bertz CT molecular complexity index is 954. The highest BCUT2D eigenvalue weighted by molar-refractivity contribution is 5.94. The number of nitrogens with two attached hydrogens (primary N) is 1. The molecule has 3 aromatic heterocycles. The summed E-state index contributed by atoms with van der Waals surface area (Å²) >= 11 is 0. The maximum atomic E-state index is 12.1. The minimum Gasteiger partial charge on any atom is -0.384 e. The molecule has 0 aromatic carbocycles. The zero-order chi connectivity index (χ0) is 20.2. The second-order valence-corrected chi connectivity index (χ2v) is 7.20. The van der Waals surface area contributed by atoms with Crippen molar-refractivity contribution in [2.75, 3.05) is 24.2 Å². The normalized spacial score (nSPS) is 15.3. The summed E-state index contributed by atoms with van der Waals surface area (Å²) in [5.41, 5.74) is 8.52. The van der Waals surface area contributed by atoms with Crippen LogP contribution in [0.15, 0.2) is 30.7 Å². The number of alkyl halides is 2. The van der Waals surface area contributed by atoms with Crippen LogP contribution in [0.25, 0.3) is 22.2 Å². The third-order valence-corrected chi connectivity index (χ3v) is 5.27. The molecule has 0 aliphatic heterocycles. The maximum absolute atomic E-state index is 12.1. The summed E-state index contributed by atoms with van der Waals surface area (Å²) in [5, 5.41) is 3.88. The van der Waals surface area contributed by atoms with Crippen LogP contribution in [0.4, 0.5) is 20.5 Å². The van der Waals surface area contributed by atoms with Crippen molar-refractivity contribution in [3.8, 4) is 11.1 Å². The van der Waals surface area contributed by atoms with Gasteiger partial charge in [0, 0.05) is 47.7 Å². The molecule has 29 heavy (non-hydrogen) atoms. The fourth-order valence-corrected chi connectivity index (χ4v) is 3.86. The zero-order valence-electron chi connectivity index (χ0n) is 16.0. The fourth-order valence-electron chi connectivity index (χ4n) is 3.86. The van der Waals surface area contributed by atoms with E-state index in [0.717, 1.165) is 35.0 Å². The van der Waals surface area contributed by atoms with Crippen molar-refractivity contribution < 1.29 is 13.5 Å². The lowest BCUT2D eigenvalue weighted by atomic mass is 9.95. The molecule has 0 atom stereocenters. The van der Waals surface area contributed by atoms with Gasteiger partial charge in [-0.1, -0.05) is 19.3 Å². The first-order chi connectivity index (χ1) is 14.1. The Morgan fingerprint density at radius 3 is 2.72 bits per heavy atom. The number of halogens is 2. The Balaban J connectivity index is 1.68. The van der Waals surface area contributed by atoms with Gasteiger partial charge in [-0.05, 0) is 25.0 Å². The Morgan fingerprint density at radius 2 is 2.00 bits per heavy atom. The largest absolute Gasteiger partial charge is 0.384 e. The molecule has 3 heterocycles. The summed E-state index contributed by atoms with van der Waals surface area (Å²) < 4.78 is 30.7. The Hall–Kier alpha value is -2.81. The molecular weight excluding hydrogens is 378 g/mol. The number of hydrogen-bond donors (Lipinski definition) is 2. The van der Waals surface area contributed by atoms with Gasteiger partial charge in [-0.2, -0.15) is 13.8 Å². The van der Waals surface area contributed by atoms with Gasteiger partial charge in [0.15, 0.2) is 0 Å². The first-order valence-corrected chi connectivity index (χ1v) is 9.85. The number of ether oxygens (including phenoxy) is 1. The van der Waals surface area contributed by atoms with Gasteiger partial charge < -0.3 is 20.4 Å². The van der Waals surface area contributed by atoms with E-state index in [9.17, 15) is 8.78 Å². The molecule has 3 N–H and O–H groups in total. The van der Waals surface area contributed by atoms with Crippen LogP contribution in [-0.4, -0.2) is 39.3 Å². The van der Waals surface area contributed by atoms with Gasteiger partial charge in [-0.3, -0.25) is 0 Å². The summed E-state index contributed by atoms with van der Waals surface area (Å²) in [7, 11) is 0. The van der Waals surface area contributed by atoms with Crippen LogP contribution in [0.3, 0.4) is 0 Å².